The molecule has 2 aromatic rings. The summed E-state index contributed by atoms with van der Waals surface area (Å²) in [5.74, 6) is 0.836. The molecule has 4 heteroatoms. The van der Waals surface area contributed by atoms with Gasteiger partial charge in [-0.1, -0.05) is 48.5 Å². The van der Waals surface area contributed by atoms with Gasteiger partial charge in [0.25, 0.3) is 0 Å². The van der Waals surface area contributed by atoms with Crippen LogP contribution in [-0.2, 0) is 4.79 Å². The van der Waals surface area contributed by atoms with Crippen molar-refractivity contribution in [3.63, 3.8) is 0 Å². The van der Waals surface area contributed by atoms with Gasteiger partial charge < -0.3 is 15.4 Å². The predicted molar refractivity (Wildman–Crippen MR) is 92.7 cm³/mol. The smallest absolute Gasteiger partial charge is 0.234 e. The number of hydrogen-bond donors (Lipinski definition) is 2. The summed E-state index contributed by atoms with van der Waals surface area (Å²) in [7, 11) is 1.75. The largest absolute Gasteiger partial charge is 0.491 e. The number of carbonyl (C=O) groups is 1. The fraction of sp³-hybridized carbons (Fsp3) is 0.316. The van der Waals surface area contributed by atoms with Crippen molar-refractivity contribution in [1.29, 1.82) is 0 Å². The van der Waals surface area contributed by atoms with E-state index in [1.54, 1.807) is 7.05 Å². The monoisotopic (exact) mass is 312 g/mol. The molecule has 2 N–H and O–H groups in total. The molecule has 1 atom stereocenters. The quantitative estimate of drug-likeness (QED) is 0.826. The van der Waals surface area contributed by atoms with Crippen LogP contribution in [0.1, 0.15) is 22.7 Å². The number of amides is 1. The van der Waals surface area contributed by atoms with E-state index in [-0.39, 0.29) is 18.5 Å². The average Bonchev–Trinajstić information content (AvgIpc) is 2.54. The summed E-state index contributed by atoms with van der Waals surface area (Å²) in [5.41, 5.74) is 3.22. The van der Waals surface area contributed by atoms with Crippen molar-refractivity contribution in [2.24, 2.45) is 0 Å². The maximum absolute atomic E-state index is 11.9. The first kappa shape index (κ1) is 17.0. The highest BCUT2D eigenvalue weighted by atomic mass is 16.5. The van der Waals surface area contributed by atoms with E-state index < -0.39 is 0 Å². The van der Waals surface area contributed by atoms with Gasteiger partial charge in [0.2, 0.25) is 5.91 Å². The molecule has 1 unspecified atom stereocenters. The van der Waals surface area contributed by atoms with E-state index in [4.69, 9.17) is 4.74 Å². The number of benzene rings is 2. The Morgan fingerprint density at radius 2 is 1.70 bits per heavy atom. The highest BCUT2D eigenvalue weighted by Gasteiger charge is 2.16. The number of hydrogen-bond acceptors (Lipinski definition) is 3. The van der Waals surface area contributed by atoms with Gasteiger partial charge in [0.05, 0.1) is 12.6 Å². The molecule has 0 saturated heterocycles. The van der Waals surface area contributed by atoms with E-state index in [9.17, 15) is 4.79 Å². The predicted octanol–water partition coefficient (Wildman–Crippen LogP) is 2.76. The van der Waals surface area contributed by atoms with Gasteiger partial charge in [0, 0.05) is 0 Å². The van der Waals surface area contributed by atoms with E-state index in [0.29, 0.717) is 6.61 Å². The first-order valence-electron chi connectivity index (χ1n) is 7.79. The topological polar surface area (TPSA) is 50.4 Å². The second-order valence-corrected chi connectivity index (χ2v) is 5.59. The zero-order chi connectivity index (χ0) is 16.7. The fourth-order valence-corrected chi connectivity index (χ4v) is 2.51. The van der Waals surface area contributed by atoms with Crippen LogP contribution in [0, 0.1) is 13.8 Å². The van der Waals surface area contributed by atoms with Crippen molar-refractivity contribution in [3.05, 3.63) is 65.2 Å². The molecule has 0 aliphatic heterocycles. The lowest BCUT2D eigenvalue weighted by Gasteiger charge is -2.21. The zero-order valence-corrected chi connectivity index (χ0v) is 13.9. The Bertz CT molecular complexity index is 621. The standard InChI is InChI=1S/C19H24N2O2/c1-14-8-7-9-15(2)19(14)23-13-17(21-18(22)12-20-3)16-10-5-4-6-11-16/h4-11,17,20H,12-13H2,1-3H3,(H,21,22). The highest BCUT2D eigenvalue weighted by Crippen LogP contribution is 2.24. The summed E-state index contributed by atoms with van der Waals surface area (Å²) >= 11 is 0. The van der Waals surface area contributed by atoms with Crippen LogP contribution in [0.25, 0.3) is 0 Å². The van der Waals surface area contributed by atoms with Crippen LogP contribution in [0.2, 0.25) is 0 Å². The number of likely N-dealkylation sites (N-methyl/N-ethyl adjacent to an activating group) is 1. The van der Waals surface area contributed by atoms with E-state index >= 15 is 0 Å². The summed E-state index contributed by atoms with van der Waals surface area (Å²) in [5, 5.41) is 5.88. The van der Waals surface area contributed by atoms with Crippen LogP contribution in [0.3, 0.4) is 0 Å². The number of nitrogens with one attached hydrogen (secondary N) is 2. The first-order valence-corrected chi connectivity index (χ1v) is 7.79. The second-order valence-electron chi connectivity index (χ2n) is 5.59. The molecule has 2 rings (SSSR count). The van der Waals surface area contributed by atoms with Crippen LogP contribution in [-0.4, -0.2) is 26.1 Å². The fourth-order valence-electron chi connectivity index (χ4n) is 2.51. The van der Waals surface area contributed by atoms with Crippen LogP contribution in [0.5, 0.6) is 5.75 Å². The van der Waals surface area contributed by atoms with Crippen LogP contribution in [0.15, 0.2) is 48.5 Å². The number of carbonyl (C=O) groups excluding carboxylic acids is 1. The average molecular weight is 312 g/mol. The van der Waals surface area contributed by atoms with Gasteiger partial charge in [-0.2, -0.15) is 0 Å². The molecule has 4 nitrogen and oxygen atoms in total. The van der Waals surface area contributed by atoms with Crippen LogP contribution >= 0.6 is 0 Å². The molecule has 0 bridgehead atoms. The molecule has 0 spiro atoms. The first-order chi connectivity index (χ1) is 11.1. The van der Waals surface area contributed by atoms with Crippen molar-refractivity contribution < 1.29 is 9.53 Å². The van der Waals surface area contributed by atoms with Crippen molar-refractivity contribution in [2.45, 2.75) is 19.9 Å². The van der Waals surface area contributed by atoms with Crippen molar-refractivity contribution in [2.75, 3.05) is 20.2 Å². The van der Waals surface area contributed by atoms with E-state index in [0.717, 1.165) is 22.4 Å². The van der Waals surface area contributed by atoms with Crippen molar-refractivity contribution in [3.8, 4) is 5.75 Å². The SMILES string of the molecule is CNCC(=O)NC(COc1c(C)cccc1C)c1ccccc1. The molecule has 2 aromatic carbocycles. The Morgan fingerprint density at radius 1 is 1.04 bits per heavy atom. The van der Waals surface area contributed by atoms with Gasteiger partial charge in [-0.25, -0.2) is 0 Å². The summed E-state index contributed by atoms with van der Waals surface area (Å²) in [6, 6.07) is 15.8. The third kappa shape index (κ3) is 4.83. The third-order valence-corrected chi connectivity index (χ3v) is 3.68. The molecule has 0 heterocycles. The molecular formula is C19H24N2O2. The van der Waals surface area contributed by atoms with Gasteiger partial charge in [0.1, 0.15) is 12.4 Å². The third-order valence-electron chi connectivity index (χ3n) is 3.68. The molecule has 0 aromatic heterocycles. The minimum atomic E-state index is -0.184. The number of para-hydroxylation sites is 1. The van der Waals surface area contributed by atoms with Gasteiger partial charge in [-0.05, 0) is 37.6 Å². The molecular weight excluding hydrogens is 288 g/mol. The molecule has 0 saturated carbocycles. The Morgan fingerprint density at radius 3 is 2.30 bits per heavy atom. The molecule has 122 valence electrons. The lowest BCUT2D eigenvalue weighted by molar-refractivity contribution is -0.121. The van der Waals surface area contributed by atoms with Crippen LogP contribution in [0.4, 0.5) is 0 Å². The molecule has 0 fully saturated rings. The van der Waals surface area contributed by atoms with Gasteiger partial charge in [-0.15, -0.1) is 0 Å². The molecule has 23 heavy (non-hydrogen) atoms. The molecule has 0 aliphatic carbocycles. The lowest BCUT2D eigenvalue weighted by atomic mass is 10.1. The number of ether oxygens (including phenoxy) is 1. The second kappa shape index (κ2) is 8.34. The lowest BCUT2D eigenvalue weighted by Crippen LogP contribution is -2.37. The van der Waals surface area contributed by atoms with Crippen molar-refractivity contribution in [1.82, 2.24) is 10.6 Å². The number of rotatable bonds is 7. The summed E-state index contributed by atoms with van der Waals surface area (Å²) in [6.07, 6.45) is 0. The summed E-state index contributed by atoms with van der Waals surface area (Å²) in [6.45, 7) is 4.73. The van der Waals surface area contributed by atoms with Gasteiger partial charge in [-0.3, -0.25) is 4.79 Å². The van der Waals surface area contributed by atoms with Gasteiger partial charge >= 0.3 is 0 Å². The maximum Gasteiger partial charge on any atom is 0.234 e. The van der Waals surface area contributed by atoms with Gasteiger partial charge in [0.15, 0.2) is 0 Å². The minimum Gasteiger partial charge on any atom is -0.491 e. The van der Waals surface area contributed by atoms with Crippen LogP contribution < -0.4 is 15.4 Å². The minimum absolute atomic E-state index is 0.0496. The summed E-state index contributed by atoms with van der Waals surface area (Å²) < 4.78 is 6.03. The Labute approximate surface area is 137 Å². The van der Waals surface area contributed by atoms with Crippen molar-refractivity contribution >= 4 is 5.91 Å². The Hall–Kier alpha value is -2.33. The summed E-state index contributed by atoms with van der Waals surface area (Å²) in [4.78, 5) is 11.9. The Kier molecular flexibility index (Phi) is 6.18. The molecule has 0 radical (unpaired) electrons. The Balaban J connectivity index is 2.13. The van der Waals surface area contributed by atoms with E-state index in [1.165, 1.54) is 0 Å². The highest BCUT2D eigenvalue weighted by molar-refractivity contribution is 5.78. The molecule has 0 aliphatic rings. The maximum atomic E-state index is 11.9. The number of aryl methyl sites for hydroxylation is 2. The molecule has 1 amide bonds. The van der Waals surface area contributed by atoms with E-state index in [2.05, 4.69) is 10.6 Å². The van der Waals surface area contributed by atoms with E-state index in [1.807, 2.05) is 62.4 Å². The zero-order valence-electron chi connectivity index (χ0n) is 13.9. The normalized spacial score (nSPS) is 11.8.